The number of nitrogens with two attached hydrogens (primary N) is 1. The smallest absolute Gasteiger partial charge is 0.421 e. The molecule has 0 aliphatic rings. The number of hydrogen-bond acceptors (Lipinski definition) is 3. The van der Waals surface area contributed by atoms with Crippen molar-refractivity contribution in [2.45, 2.75) is 6.92 Å². The van der Waals surface area contributed by atoms with Gasteiger partial charge in [-0.25, -0.2) is 10.6 Å². The Morgan fingerprint density at radius 3 is 2.33 bits per heavy atom. The molecular weight excluding hydrogens is 120 g/mol. The van der Waals surface area contributed by atoms with Gasteiger partial charge in [-0.2, -0.15) is 0 Å². The van der Waals surface area contributed by atoms with Crippen LogP contribution in [0.25, 0.3) is 0 Å². The first-order valence-corrected chi connectivity index (χ1v) is 2.44. The highest BCUT2D eigenvalue weighted by Crippen LogP contribution is 1.69. The topological polar surface area (TPSA) is 64.3 Å². The molecule has 0 aromatic carbocycles. The number of hydrogen-bond donors (Lipinski definition) is 2. The predicted molar refractivity (Wildman–Crippen MR) is 35.6 cm³/mol. The number of carbonyl (C=O) groups is 1. The third-order valence-corrected chi connectivity index (χ3v) is 0.393. The van der Waals surface area contributed by atoms with E-state index >= 15 is 0 Å². The molecule has 0 fully saturated rings. The van der Waals surface area contributed by atoms with Gasteiger partial charge in [-0.15, -0.1) is 13.2 Å². The van der Waals surface area contributed by atoms with Gasteiger partial charge in [0.05, 0.1) is 6.61 Å². The highest BCUT2D eigenvalue weighted by atomic mass is 16.5. The van der Waals surface area contributed by atoms with E-state index in [9.17, 15) is 4.79 Å². The third-order valence-electron chi connectivity index (χ3n) is 0.393. The number of rotatable bonds is 1. The summed E-state index contributed by atoms with van der Waals surface area (Å²) in [5, 5.41) is 0. The van der Waals surface area contributed by atoms with Crippen LogP contribution in [0, 0.1) is 0 Å². The molecule has 0 rings (SSSR count). The van der Waals surface area contributed by atoms with Gasteiger partial charge in [0, 0.05) is 0 Å². The summed E-state index contributed by atoms with van der Waals surface area (Å²) in [4.78, 5) is 9.95. The zero-order chi connectivity index (χ0) is 7.70. The minimum atomic E-state index is -0.595. The average Bonchev–Trinajstić information content (AvgIpc) is 1.93. The van der Waals surface area contributed by atoms with Crippen molar-refractivity contribution in [1.82, 2.24) is 5.43 Å². The zero-order valence-corrected chi connectivity index (χ0v) is 5.52. The quantitative estimate of drug-likeness (QED) is 0.235. The van der Waals surface area contributed by atoms with Crippen molar-refractivity contribution in [2.75, 3.05) is 6.61 Å². The lowest BCUT2D eigenvalue weighted by Gasteiger charge is -1.95. The molecule has 0 atom stereocenters. The number of carbonyl (C=O) groups excluding carboxylic acids is 1. The predicted octanol–water partition coefficient (Wildman–Crippen LogP) is 0.408. The van der Waals surface area contributed by atoms with E-state index in [0.717, 1.165) is 0 Å². The van der Waals surface area contributed by atoms with Gasteiger partial charge in [0.1, 0.15) is 0 Å². The standard InChI is InChI=1S/C3H8N2O2.C2H4/c1-2-7-3(6)5-4;1-2/h2,4H2,1H3,(H,5,6);1-2H2. The van der Waals surface area contributed by atoms with Crippen molar-refractivity contribution in [1.29, 1.82) is 0 Å². The molecule has 9 heavy (non-hydrogen) atoms. The second kappa shape index (κ2) is 10.1. The summed E-state index contributed by atoms with van der Waals surface area (Å²) in [6, 6.07) is 0. The molecule has 0 spiro atoms. The monoisotopic (exact) mass is 132 g/mol. The minimum Gasteiger partial charge on any atom is -0.449 e. The van der Waals surface area contributed by atoms with Crippen molar-refractivity contribution >= 4 is 6.09 Å². The molecule has 0 bridgehead atoms. The van der Waals surface area contributed by atoms with Crippen molar-refractivity contribution in [3.05, 3.63) is 13.2 Å². The van der Waals surface area contributed by atoms with Crippen LogP contribution in [0.15, 0.2) is 13.2 Å². The molecule has 0 aromatic heterocycles. The molecule has 0 aliphatic heterocycles. The van der Waals surface area contributed by atoms with Crippen molar-refractivity contribution in [3.63, 3.8) is 0 Å². The summed E-state index contributed by atoms with van der Waals surface area (Å²) in [7, 11) is 0. The second-order valence-electron chi connectivity index (χ2n) is 0.865. The number of hydrazine groups is 1. The molecule has 0 saturated heterocycles. The van der Waals surface area contributed by atoms with Crippen LogP contribution in [0.3, 0.4) is 0 Å². The van der Waals surface area contributed by atoms with Gasteiger partial charge >= 0.3 is 6.09 Å². The van der Waals surface area contributed by atoms with Gasteiger partial charge < -0.3 is 4.74 Å². The maximum atomic E-state index is 9.95. The van der Waals surface area contributed by atoms with Crippen LogP contribution in [-0.4, -0.2) is 12.7 Å². The molecule has 4 heteroatoms. The first-order valence-electron chi connectivity index (χ1n) is 2.44. The van der Waals surface area contributed by atoms with Crippen LogP contribution in [0.5, 0.6) is 0 Å². The summed E-state index contributed by atoms with van der Waals surface area (Å²) in [5.74, 6) is 4.63. The summed E-state index contributed by atoms with van der Waals surface area (Å²) in [5.41, 5.74) is 1.80. The molecule has 0 aromatic rings. The minimum absolute atomic E-state index is 0.350. The van der Waals surface area contributed by atoms with Gasteiger partial charge in [0.25, 0.3) is 0 Å². The Labute approximate surface area is 54.7 Å². The van der Waals surface area contributed by atoms with E-state index < -0.39 is 6.09 Å². The third kappa shape index (κ3) is 10.9. The molecular formula is C5H12N2O2. The Morgan fingerprint density at radius 1 is 1.78 bits per heavy atom. The lowest BCUT2D eigenvalue weighted by atomic mass is 10.9. The Bertz CT molecular complexity index is 75.4. The maximum absolute atomic E-state index is 9.95. The van der Waals surface area contributed by atoms with Crippen LogP contribution in [0.1, 0.15) is 6.92 Å². The Morgan fingerprint density at radius 2 is 2.22 bits per heavy atom. The van der Waals surface area contributed by atoms with E-state index in [4.69, 9.17) is 0 Å². The molecule has 0 unspecified atom stereocenters. The summed E-state index contributed by atoms with van der Waals surface area (Å²) < 4.78 is 4.32. The van der Waals surface area contributed by atoms with Crippen molar-refractivity contribution < 1.29 is 9.53 Å². The van der Waals surface area contributed by atoms with Gasteiger partial charge in [0.2, 0.25) is 0 Å². The highest BCUT2D eigenvalue weighted by Gasteiger charge is 1.89. The largest absolute Gasteiger partial charge is 0.449 e. The summed E-state index contributed by atoms with van der Waals surface area (Å²) in [6.07, 6.45) is -0.595. The Hall–Kier alpha value is -1.03. The molecule has 54 valence electrons. The fraction of sp³-hybridized carbons (Fsp3) is 0.400. The van der Waals surface area contributed by atoms with Crippen LogP contribution >= 0.6 is 0 Å². The lowest BCUT2D eigenvalue weighted by Crippen LogP contribution is -2.30. The number of ether oxygens (including phenoxy) is 1. The van der Waals surface area contributed by atoms with Crippen molar-refractivity contribution in [2.24, 2.45) is 5.84 Å². The Balaban J connectivity index is 0. The van der Waals surface area contributed by atoms with Gasteiger partial charge in [-0.3, -0.25) is 5.43 Å². The fourth-order valence-electron chi connectivity index (χ4n) is 0.173. The van der Waals surface area contributed by atoms with Crippen molar-refractivity contribution in [3.8, 4) is 0 Å². The van der Waals surface area contributed by atoms with E-state index in [-0.39, 0.29) is 0 Å². The van der Waals surface area contributed by atoms with Crippen LogP contribution in [0.2, 0.25) is 0 Å². The van der Waals surface area contributed by atoms with Crippen LogP contribution in [-0.2, 0) is 4.74 Å². The lowest BCUT2D eigenvalue weighted by molar-refractivity contribution is 0.152. The molecule has 0 aliphatic carbocycles. The van der Waals surface area contributed by atoms with E-state index in [2.05, 4.69) is 23.7 Å². The normalized spacial score (nSPS) is 6.44. The SMILES string of the molecule is C=C.CCOC(=O)NN. The molecule has 4 nitrogen and oxygen atoms in total. The first-order chi connectivity index (χ1) is 4.31. The molecule has 0 heterocycles. The Kier molecular flexibility index (Phi) is 12.1. The highest BCUT2D eigenvalue weighted by molar-refractivity contribution is 5.66. The number of amides is 1. The van der Waals surface area contributed by atoms with E-state index in [1.165, 1.54) is 0 Å². The van der Waals surface area contributed by atoms with E-state index in [1.54, 1.807) is 12.3 Å². The first kappa shape index (κ1) is 10.9. The van der Waals surface area contributed by atoms with Gasteiger partial charge in [0.15, 0.2) is 0 Å². The number of nitrogens with one attached hydrogen (secondary N) is 1. The molecule has 3 N–H and O–H groups in total. The fourth-order valence-corrected chi connectivity index (χ4v) is 0.173. The van der Waals surface area contributed by atoms with E-state index in [1.807, 2.05) is 0 Å². The maximum Gasteiger partial charge on any atom is 0.421 e. The van der Waals surface area contributed by atoms with Crippen LogP contribution < -0.4 is 11.3 Å². The van der Waals surface area contributed by atoms with Crippen LogP contribution in [0.4, 0.5) is 4.79 Å². The average molecular weight is 132 g/mol. The molecule has 0 saturated carbocycles. The summed E-state index contributed by atoms with van der Waals surface area (Å²) >= 11 is 0. The zero-order valence-electron chi connectivity index (χ0n) is 5.52. The molecule has 0 radical (unpaired) electrons. The van der Waals surface area contributed by atoms with Gasteiger partial charge in [-0.1, -0.05) is 0 Å². The molecule has 1 amide bonds. The van der Waals surface area contributed by atoms with Gasteiger partial charge in [-0.05, 0) is 6.92 Å². The van der Waals surface area contributed by atoms with E-state index in [0.29, 0.717) is 6.61 Å². The summed E-state index contributed by atoms with van der Waals surface area (Å²) in [6.45, 7) is 8.05. The second-order valence-corrected chi connectivity index (χ2v) is 0.865.